The number of aliphatic hydroxyl groups is 1. The van der Waals surface area contributed by atoms with E-state index < -0.39 is 5.60 Å². The molecule has 2 rings (SSSR count). The largest absolute Gasteiger partial charge is 0.386 e. The number of aryl methyl sites for hydroxylation is 1. The van der Waals surface area contributed by atoms with Crippen LogP contribution in [0.1, 0.15) is 25.1 Å². The van der Waals surface area contributed by atoms with E-state index in [-0.39, 0.29) is 0 Å². The summed E-state index contributed by atoms with van der Waals surface area (Å²) in [4.78, 5) is 3.21. The number of fused-ring (bicyclic) bond motifs is 1. The molecule has 0 saturated heterocycles. The average molecular weight is 224 g/mol. The van der Waals surface area contributed by atoms with Crippen LogP contribution < -0.4 is 0 Å². The number of benzene rings is 1. The van der Waals surface area contributed by atoms with Crippen LogP contribution in [0.2, 0.25) is 5.02 Å². The van der Waals surface area contributed by atoms with E-state index in [1.165, 1.54) is 0 Å². The average Bonchev–Trinajstić information content (AvgIpc) is 2.44. The maximum Gasteiger partial charge on any atom is 0.0855 e. The number of hydrogen-bond acceptors (Lipinski definition) is 1. The summed E-state index contributed by atoms with van der Waals surface area (Å²) in [7, 11) is 0. The van der Waals surface area contributed by atoms with E-state index in [9.17, 15) is 5.11 Å². The number of H-pyrrole nitrogens is 1. The molecule has 2 nitrogen and oxygen atoms in total. The monoisotopic (exact) mass is 223 g/mol. The van der Waals surface area contributed by atoms with Gasteiger partial charge in [-0.25, -0.2) is 0 Å². The molecule has 0 atom stereocenters. The Labute approximate surface area is 93.9 Å². The molecule has 0 bridgehead atoms. The summed E-state index contributed by atoms with van der Waals surface area (Å²) in [6.07, 6.45) is 0. The van der Waals surface area contributed by atoms with Crippen molar-refractivity contribution in [3.63, 3.8) is 0 Å². The highest BCUT2D eigenvalue weighted by atomic mass is 35.5. The Morgan fingerprint density at radius 1 is 1.33 bits per heavy atom. The number of aromatic amines is 1. The van der Waals surface area contributed by atoms with E-state index in [1.807, 2.05) is 25.1 Å². The van der Waals surface area contributed by atoms with Crippen molar-refractivity contribution in [1.82, 2.24) is 4.98 Å². The molecule has 3 heteroatoms. The van der Waals surface area contributed by atoms with Crippen LogP contribution >= 0.6 is 11.6 Å². The predicted molar refractivity (Wildman–Crippen MR) is 63.3 cm³/mol. The lowest BCUT2D eigenvalue weighted by atomic mass is 9.97. The van der Waals surface area contributed by atoms with Gasteiger partial charge in [-0.2, -0.15) is 0 Å². The van der Waals surface area contributed by atoms with Crippen LogP contribution in [0.5, 0.6) is 0 Å². The van der Waals surface area contributed by atoms with Gasteiger partial charge in [0.2, 0.25) is 0 Å². The van der Waals surface area contributed by atoms with Crippen LogP contribution in [0.3, 0.4) is 0 Å². The van der Waals surface area contributed by atoms with E-state index >= 15 is 0 Å². The zero-order valence-corrected chi connectivity index (χ0v) is 9.81. The smallest absolute Gasteiger partial charge is 0.0855 e. The van der Waals surface area contributed by atoms with Crippen LogP contribution in [-0.2, 0) is 5.60 Å². The number of halogens is 1. The van der Waals surface area contributed by atoms with Crippen molar-refractivity contribution in [3.05, 3.63) is 34.5 Å². The molecule has 0 aliphatic heterocycles. The van der Waals surface area contributed by atoms with E-state index in [1.54, 1.807) is 13.8 Å². The molecular formula is C12H14ClNO. The highest BCUT2D eigenvalue weighted by molar-refractivity contribution is 6.36. The molecule has 2 N–H and O–H groups in total. The Kier molecular flexibility index (Phi) is 2.28. The van der Waals surface area contributed by atoms with Crippen molar-refractivity contribution in [2.45, 2.75) is 26.4 Å². The summed E-state index contributed by atoms with van der Waals surface area (Å²) >= 11 is 6.26. The first-order valence-electron chi connectivity index (χ1n) is 4.90. The Hall–Kier alpha value is -0.990. The van der Waals surface area contributed by atoms with Gasteiger partial charge in [0.15, 0.2) is 0 Å². The summed E-state index contributed by atoms with van der Waals surface area (Å²) in [6.45, 7) is 5.46. The van der Waals surface area contributed by atoms with Gasteiger partial charge >= 0.3 is 0 Å². The SMILES string of the molecule is Cc1cc2c(Cl)c(C(C)(C)O)ccc2[nH]1. The number of rotatable bonds is 1. The first kappa shape index (κ1) is 10.5. The molecule has 1 aromatic heterocycles. The Morgan fingerprint density at radius 2 is 2.00 bits per heavy atom. The minimum absolute atomic E-state index is 0.629. The molecule has 0 unspecified atom stereocenters. The van der Waals surface area contributed by atoms with E-state index in [2.05, 4.69) is 4.98 Å². The van der Waals surface area contributed by atoms with Crippen LogP contribution in [0.4, 0.5) is 0 Å². The fraction of sp³-hybridized carbons (Fsp3) is 0.333. The van der Waals surface area contributed by atoms with Crippen LogP contribution in [0, 0.1) is 6.92 Å². The van der Waals surface area contributed by atoms with Crippen molar-refractivity contribution in [1.29, 1.82) is 0 Å². The third kappa shape index (κ3) is 1.75. The summed E-state index contributed by atoms with van der Waals surface area (Å²) in [6, 6.07) is 5.80. The van der Waals surface area contributed by atoms with Crippen LogP contribution in [0.25, 0.3) is 10.9 Å². The quantitative estimate of drug-likeness (QED) is 0.764. The molecule has 0 spiro atoms. The van der Waals surface area contributed by atoms with Crippen molar-refractivity contribution >= 4 is 22.5 Å². The standard InChI is InChI=1S/C12H14ClNO/c1-7-6-8-10(14-7)5-4-9(11(8)13)12(2,3)15/h4-6,14-15H,1-3H3. The number of hydrogen-bond donors (Lipinski definition) is 2. The number of nitrogens with one attached hydrogen (secondary N) is 1. The maximum absolute atomic E-state index is 9.94. The van der Waals surface area contributed by atoms with Crippen molar-refractivity contribution in [3.8, 4) is 0 Å². The summed E-state index contributed by atoms with van der Waals surface area (Å²) in [5.41, 5.74) is 1.93. The van der Waals surface area contributed by atoms with Gasteiger partial charge in [-0.1, -0.05) is 17.7 Å². The Morgan fingerprint density at radius 3 is 2.60 bits per heavy atom. The van der Waals surface area contributed by atoms with Crippen LogP contribution in [0.15, 0.2) is 18.2 Å². The molecule has 0 aliphatic carbocycles. The topological polar surface area (TPSA) is 36.0 Å². The molecule has 15 heavy (non-hydrogen) atoms. The molecule has 0 amide bonds. The van der Waals surface area contributed by atoms with Crippen molar-refractivity contribution in [2.75, 3.05) is 0 Å². The van der Waals surface area contributed by atoms with Gasteiger partial charge in [-0.3, -0.25) is 0 Å². The fourth-order valence-electron chi connectivity index (χ4n) is 1.78. The minimum Gasteiger partial charge on any atom is -0.386 e. The maximum atomic E-state index is 9.94. The summed E-state index contributed by atoms with van der Waals surface area (Å²) in [5, 5.41) is 11.5. The molecule has 2 aromatic rings. The third-order valence-electron chi connectivity index (χ3n) is 2.53. The normalized spacial score (nSPS) is 12.3. The van der Waals surface area contributed by atoms with Crippen molar-refractivity contribution < 1.29 is 5.11 Å². The Balaban J connectivity index is 2.75. The fourth-order valence-corrected chi connectivity index (χ4v) is 2.23. The van der Waals surface area contributed by atoms with Gasteiger partial charge in [0, 0.05) is 22.2 Å². The zero-order chi connectivity index (χ0) is 11.2. The van der Waals surface area contributed by atoms with Gasteiger partial charge < -0.3 is 10.1 Å². The van der Waals surface area contributed by atoms with Gasteiger partial charge in [0.05, 0.1) is 10.6 Å². The lowest BCUT2D eigenvalue weighted by molar-refractivity contribution is 0.0788. The van der Waals surface area contributed by atoms with Gasteiger partial charge in [0.1, 0.15) is 0 Å². The molecule has 80 valence electrons. The molecule has 0 saturated carbocycles. The van der Waals surface area contributed by atoms with E-state index in [0.717, 1.165) is 22.2 Å². The molecule has 0 aliphatic rings. The second-order valence-electron chi connectivity index (χ2n) is 4.40. The first-order chi connectivity index (χ1) is 6.89. The van der Waals surface area contributed by atoms with Gasteiger partial charge in [-0.15, -0.1) is 0 Å². The van der Waals surface area contributed by atoms with E-state index in [4.69, 9.17) is 11.6 Å². The Bertz CT molecular complexity index is 508. The van der Waals surface area contributed by atoms with E-state index in [0.29, 0.717) is 5.02 Å². The van der Waals surface area contributed by atoms with Crippen LogP contribution in [-0.4, -0.2) is 10.1 Å². The molecule has 1 aromatic carbocycles. The molecule has 0 fully saturated rings. The third-order valence-corrected chi connectivity index (χ3v) is 2.94. The van der Waals surface area contributed by atoms with Gasteiger partial charge in [0.25, 0.3) is 0 Å². The minimum atomic E-state index is -0.906. The first-order valence-corrected chi connectivity index (χ1v) is 5.28. The summed E-state index contributed by atoms with van der Waals surface area (Å²) in [5.74, 6) is 0. The predicted octanol–water partition coefficient (Wildman–Crippen LogP) is 3.36. The molecule has 1 heterocycles. The lowest BCUT2D eigenvalue weighted by Crippen LogP contribution is -2.15. The second kappa shape index (κ2) is 3.26. The molecule has 0 radical (unpaired) electrons. The highest BCUT2D eigenvalue weighted by Crippen LogP contribution is 2.33. The number of aromatic nitrogens is 1. The lowest BCUT2D eigenvalue weighted by Gasteiger charge is -2.19. The molecular weight excluding hydrogens is 210 g/mol. The van der Waals surface area contributed by atoms with Crippen molar-refractivity contribution in [2.24, 2.45) is 0 Å². The van der Waals surface area contributed by atoms with Gasteiger partial charge in [-0.05, 0) is 32.9 Å². The zero-order valence-electron chi connectivity index (χ0n) is 9.06. The highest BCUT2D eigenvalue weighted by Gasteiger charge is 2.21. The second-order valence-corrected chi connectivity index (χ2v) is 4.78. The summed E-state index contributed by atoms with van der Waals surface area (Å²) < 4.78 is 0.